The van der Waals surface area contributed by atoms with Crippen LogP contribution in [0.2, 0.25) is 5.02 Å². The van der Waals surface area contributed by atoms with Gasteiger partial charge in [-0.05, 0) is 30.7 Å². The Morgan fingerprint density at radius 1 is 1.19 bits per heavy atom. The number of halogens is 1. The molecular weight excluding hydrogens is 368 g/mol. The van der Waals surface area contributed by atoms with Crippen molar-refractivity contribution in [3.8, 4) is 11.5 Å². The van der Waals surface area contributed by atoms with Crippen LogP contribution in [0.1, 0.15) is 25.0 Å². The van der Waals surface area contributed by atoms with Crippen molar-refractivity contribution in [3.63, 3.8) is 0 Å². The van der Waals surface area contributed by atoms with E-state index in [1.165, 1.54) is 19.2 Å². The summed E-state index contributed by atoms with van der Waals surface area (Å²) in [5.74, 6) is 11.2. The van der Waals surface area contributed by atoms with E-state index >= 15 is 0 Å². The maximum Gasteiger partial charge on any atom is 0.223 e. The molecule has 0 aliphatic heterocycles. The van der Waals surface area contributed by atoms with E-state index in [4.69, 9.17) is 28.0 Å². The minimum Gasteiger partial charge on any atom is -0.508 e. The number of hydrogen-bond donors (Lipinski definition) is 3. The first kappa shape index (κ1) is 24.5. The molecule has 0 aliphatic carbocycles. The number of hydrazine groups is 2. The highest BCUT2D eigenvalue weighted by Crippen LogP contribution is 2.30. The molecule has 0 radical (unpaired) electrons. The van der Waals surface area contributed by atoms with Gasteiger partial charge in [-0.2, -0.15) is 0 Å². The summed E-state index contributed by atoms with van der Waals surface area (Å²) in [5.41, 5.74) is 3.00. The first-order valence-corrected chi connectivity index (χ1v) is 8.75. The van der Waals surface area contributed by atoms with Gasteiger partial charge in [-0.25, -0.2) is 11.7 Å². The third-order valence-corrected chi connectivity index (χ3v) is 3.51. The van der Waals surface area contributed by atoms with Crippen molar-refractivity contribution in [1.82, 2.24) is 5.01 Å². The molecule has 0 unspecified atom stereocenters. The Morgan fingerprint density at radius 2 is 1.78 bits per heavy atom. The number of phenols is 1. The van der Waals surface area contributed by atoms with Gasteiger partial charge in [0, 0.05) is 25.7 Å². The molecule has 7 nitrogen and oxygen atoms in total. The summed E-state index contributed by atoms with van der Waals surface area (Å²) in [6.07, 6.45) is 0.528. The standard InChI is InChI=1S/C15H17ClN2O2.C2H6N2O.C2H6/c1-10-4-3-5-14(18(2)17)12(10)9-20-15-7-6-11(19)8-13(15)16;1-4(3)2-5;1-2/h3-8,19H,9,17H2,1-2H3;2H,3H2,1H3;1-2H3. The van der Waals surface area contributed by atoms with Gasteiger partial charge in [0.15, 0.2) is 0 Å². The lowest BCUT2D eigenvalue weighted by Crippen LogP contribution is -2.26. The van der Waals surface area contributed by atoms with Crippen LogP contribution in [-0.2, 0) is 11.4 Å². The maximum atomic E-state index is 9.32. The monoisotopic (exact) mass is 396 g/mol. The van der Waals surface area contributed by atoms with E-state index < -0.39 is 0 Å². The van der Waals surface area contributed by atoms with Gasteiger partial charge in [0.25, 0.3) is 0 Å². The minimum absolute atomic E-state index is 0.112. The second-order valence-electron chi connectivity index (χ2n) is 5.36. The molecule has 1 amide bonds. The van der Waals surface area contributed by atoms with Crippen LogP contribution in [0.15, 0.2) is 36.4 Å². The number of aryl methyl sites for hydroxylation is 1. The van der Waals surface area contributed by atoms with Crippen molar-refractivity contribution in [2.75, 3.05) is 19.1 Å². The lowest BCUT2D eigenvalue weighted by Gasteiger charge is -2.19. The number of nitrogens with zero attached hydrogens (tertiary/aromatic N) is 2. The predicted octanol–water partition coefficient (Wildman–Crippen LogP) is 3.22. The molecule has 0 bridgehead atoms. The van der Waals surface area contributed by atoms with Crippen LogP contribution in [0, 0.1) is 6.92 Å². The Hall–Kier alpha value is -2.48. The van der Waals surface area contributed by atoms with Gasteiger partial charge >= 0.3 is 0 Å². The van der Waals surface area contributed by atoms with Crippen LogP contribution < -0.4 is 21.4 Å². The van der Waals surface area contributed by atoms with Crippen molar-refractivity contribution in [2.24, 2.45) is 11.7 Å². The van der Waals surface area contributed by atoms with Gasteiger partial charge in [0.05, 0.1) is 10.7 Å². The largest absolute Gasteiger partial charge is 0.508 e. The highest BCUT2D eigenvalue weighted by molar-refractivity contribution is 6.32. The van der Waals surface area contributed by atoms with E-state index in [0.29, 0.717) is 23.8 Å². The zero-order chi connectivity index (χ0) is 21.0. The SMILES string of the molecule is CC.CN(N)C=O.Cc1cccc(N(C)N)c1COc1ccc(O)cc1Cl. The lowest BCUT2D eigenvalue weighted by atomic mass is 10.1. The zero-order valence-electron chi connectivity index (χ0n) is 16.4. The second-order valence-corrected chi connectivity index (χ2v) is 5.76. The van der Waals surface area contributed by atoms with E-state index in [2.05, 4.69) is 0 Å². The van der Waals surface area contributed by atoms with Crippen LogP contribution in [0.4, 0.5) is 5.69 Å². The molecular formula is C19H29ClN4O3. The van der Waals surface area contributed by atoms with Crippen LogP contribution in [0.5, 0.6) is 11.5 Å². The first-order chi connectivity index (χ1) is 12.8. The molecule has 150 valence electrons. The second kappa shape index (κ2) is 12.8. The summed E-state index contributed by atoms with van der Waals surface area (Å²) >= 11 is 6.02. The molecule has 27 heavy (non-hydrogen) atoms. The molecule has 0 atom stereocenters. The summed E-state index contributed by atoms with van der Waals surface area (Å²) in [6.45, 7) is 6.36. The van der Waals surface area contributed by atoms with E-state index in [0.717, 1.165) is 21.8 Å². The summed E-state index contributed by atoms with van der Waals surface area (Å²) in [6, 6.07) is 10.5. The van der Waals surface area contributed by atoms with Crippen LogP contribution >= 0.6 is 11.6 Å². The maximum absolute atomic E-state index is 9.32. The Labute approximate surface area is 166 Å². The number of aromatic hydroxyl groups is 1. The molecule has 2 aromatic rings. The number of ether oxygens (including phenoxy) is 1. The lowest BCUT2D eigenvalue weighted by molar-refractivity contribution is -0.117. The number of nitrogens with two attached hydrogens (primary N) is 2. The van der Waals surface area contributed by atoms with Crippen LogP contribution in [0.25, 0.3) is 0 Å². The molecule has 0 spiro atoms. The number of anilines is 1. The number of amides is 1. The molecule has 0 fully saturated rings. The third-order valence-electron chi connectivity index (χ3n) is 3.22. The van der Waals surface area contributed by atoms with Crippen molar-refractivity contribution in [2.45, 2.75) is 27.4 Å². The van der Waals surface area contributed by atoms with Crippen molar-refractivity contribution < 1.29 is 14.6 Å². The third kappa shape index (κ3) is 8.63. The van der Waals surface area contributed by atoms with Gasteiger partial charge in [-0.15, -0.1) is 0 Å². The number of benzene rings is 2. The highest BCUT2D eigenvalue weighted by Gasteiger charge is 2.10. The fourth-order valence-electron chi connectivity index (χ4n) is 1.96. The fraction of sp³-hybridized carbons (Fsp3) is 0.316. The van der Waals surface area contributed by atoms with Crippen molar-refractivity contribution in [3.05, 3.63) is 52.5 Å². The Kier molecular flexibility index (Phi) is 11.6. The molecule has 0 heterocycles. The molecule has 0 saturated carbocycles. The average molecular weight is 397 g/mol. The average Bonchev–Trinajstić information content (AvgIpc) is 2.63. The first-order valence-electron chi connectivity index (χ1n) is 8.37. The predicted molar refractivity (Wildman–Crippen MR) is 111 cm³/mol. The molecule has 0 aromatic heterocycles. The minimum atomic E-state index is 0.112. The molecule has 2 rings (SSSR count). The van der Waals surface area contributed by atoms with Gasteiger partial charge < -0.3 is 14.9 Å². The Bertz CT molecular complexity index is 709. The summed E-state index contributed by atoms with van der Waals surface area (Å²) in [4.78, 5) is 9.31. The number of phenolic OH excluding ortho intramolecular Hbond substituents is 1. The number of carbonyl (C=O) groups is 1. The van der Waals surface area contributed by atoms with Gasteiger partial charge in [0.2, 0.25) is 6.41 Å². The smallest absolute Gasteiger partial charge is 0.223 e. The van der Waals surface area contributed by atoms with E-state index in [1.54, 1.807) is 18.1 Å². The molecule has 8 heteroatoms. The normalized spacial score (nSPS) is 9.19. The van der Waals surface area contributed by atoms with E-state index in [-0.39, 0.29) is 5.75 Å². The molecule has 5 N–H and O–H groups in total. The Balaban J connectivity index is 0.000000838. The quantitative estimate of drug-likeness (QED) is 0.310. The summed E-state index contributed by atoms with van der Waals surface area (Å²) in [5, 5.41) is 12.2. The number of hydrogen-bond acceptors (Lipinski definition) is 6. The molecule has 2 aromatic carbocycles. The van der Waals surface area contributed by atoms with Crippen molar-refractivity contribution in [1.29, 1.82) is 0 Å². The molecule has 0 aliphatic rings. The van der Waals surface area contributed by atoms with E-state index in [9.17, 15) is 9.90 Å². The van der Waals surface area contributed by atoms with Gasteiger partial charge in [-0.1, -0.05) is 37.6 Å². The topological polar surface area (TPSA) is 105 Å². The van der Waals surface area contributed by atoms with Crippen LogP contribution in [-0.4, -0.2) is 30.6 Å². The van der Waals surface area contributed by atoms with Gasteiger partial charge in [0.1, 0.15) is 18.1 Å². The van der Waals surface area contributed by atoms with Crippen LogP contribution in [0.3, 0.4) is 0 Å². The van der Waals surface area contributed by atoms with Gasteiger partial charge in [-0.3, -0.25) is 9.80 Å². The molecule has 0 saturated heterocycles. The summed E-state index contributed by atoms with van der Waals surface area (Å²) < 4.78 is 5.72. The summed E-state index contributed by atoms with van der Waals surface area (Å²) in [7, 11) is 3.25. The Morgan fingerprint density at radius 3 is 2.26 bits per heavy atom. The fourth-order valence-corrected chi connectivity index (χ4v) is 2.19. The number of carbonyl (C=O) groups excluding carboxylic acids is 1. The van der Waals surface area contributed by atoms with Crippen molar-refractivity contribution >= 4 is 23.7 Å². The zero-order valence-corrected chi connectivity index (χ0v) is 17.2. The number of rotatable bonds is 5. The van der Waals surface area contributed by atoms with E-state index in [1.807, 2.05) is 39.0 Å². The highest BCUT2D eigenvalue weighted by atomic mass is 35.5.